The fourth-order valence-electron chi connectivity index (χ4n) is 2.16. The second kappa shape index (κ2) is 5.22. The second-order valence-electron chi connectivity index (χ2n) is 5.59. The van der Waals surface area contributed by atoms with E-state index in [4.69, 9.17) is 0 Å². The molecule has 21 heavy (non-hydrogen) atoms. The third kappa shape index (κ3) is 3.12. The van der Waals surface area contributed by atoms with Crippen molar-refractivity contribution in [1.29, 1.82) is 0 Å². The van der Waals surface area contributed by atoms with Crippen molar-refractivity contribution in [3.8, 4) is 0 Å². The van der Waals surface area contributed by atoms with Gasteiger partial charge in [0.15, 0.2) is 0 Å². The van der Waals surface area contributed by atoms with E-state index >= 15 is 0 Å². The van der Waals surface area contributed by atoms with E-state index in [1.807, 2.05) is 13.8 Å². The van der Waals surface area contributed by atoms with Crippen LogP contribution in [0.2, 0.25) is 0 Å². The highest BCUT2D eigenvalue weighted by Gasteiger charge is 2.46. The first-order valence-electron chi connectivity index (χ1n) is 6.58. The van der Waals surface area contributed by atoms with Crippen LogP contribution in [0, 0.1) is 5.92 Å². The van der Waals surface area contributed by atoms with Gasteiger partial charge in [0.2, 0.25) is 0 Å². The summed E-state index contributed by atoms with van der Waals surface area (Å²) in [6, 6.07) is 4.16. The molecule has 0 saturated carbocycles. The summed E-state index contributed by atoms with van der Waals surface area (Å²) in [4.78, 5) is 13.2. The molecule has 0 aromatic heterocycles. The molecule has 2 rings (SSSR count). The zero-order valence-corrected chi connectivity index (χ0v) is 11.7. The number of likely N-dealkylation sites (tertiary alicyclic amines) is 1. The molecule has 0 radical (unpaired) electrons. The number of aliphatic hydroxyl groups is 1. The molecule has 4 nitrogen and oxygen atoms in total. The minimum atomic E-state index is -4.53. The van der Waals surface area contributed by atoms with Crippen LogP contribution in [-0.2, 0) is 6.18 Å². The van der Waals surface area contributed by atoms with E-state index in [1.54, 1.807) is 0 Å². The molecule has 2 N–H and O–H groups in total. The van der Waals surface area contributed by atoms with Gasteiger partial charge >= 0.3 is 12.2 Å². The lowest BCUT2D eigenvalue weighted by Crippen LogP contribution is -2.66. The SMILES string of the molecule is CC(C)C1(O)CN(C(=O)Nc2ccccc2C(F)(F)F)C1. The Balaban J connectivity index is 2.06. The average molecular weight is 302 g/mol. The highest BCUT2D eigenvalue weighted by atomic mass is 19.4. The van der Waals surface area contributed by atoms with Crippen LogP contribution in [0.4, 0.5) is 23.7 Å². The number of para-hydroxylation sites is 1. The Kier molecular flexibility index (Phi) is 3.88. The summed E-state index contributed by atoms with van der Waals surface area (Å²) >= 11 is 0. The molecule has 0 spiro atoms. The summed E-state index contributed by atoms with van der Waals surface area (Å²) < 4.78 is 38.5. The first kappa shape index (κ1) is 15.6. The number of rotatable bonds is 2. The fourth-order valence-corrected chi connectivity index (χ4v) is 2.16. The number of anilines is 1. The number of hydrogen-bond acceptors (Lipinski definition) is 2. The lowest BCUT2D eigenvalue weighted by atomic mass is 9.83. The number of halogens is 3. The quantitative estimate of drug-likeness (QED) is 0.882. The molecule has 1 saturated heterocycles. The molecular weight excluding hydrogens is 285 g/mol. The summed E-state index contributed by atoms with van der Waals surface area (Å²) in [5, 5.41) is 12.3. The van der Waals surface area contributed by atoms with Crippen LogP contribution < -0.4 is 5.32 Å². The number of carbonyl (C=O) groups is 1. The van der Waals surface area contributed by atoms with Gasteiger partial charge in [-0.3, -0.25) is 0 Å². The molecule has 1 aromatic rings. The van der Waals surface area contributed by atoms with Crippen LogP contribution >= 0.6 is 0 Å². The predicted octanol–water partition coefficient (Wildman–Crippen LogP) is 2.94. The number of nitrogens with zero attached hydrogens (tertiary/aromatic N) is 1. The molecule has 1 heterocycles. The number of nitrogens with one attached hydrogen (secondary N) is 1. The van der Waals surface area contributed by atoms with Crippen LogP contribution in [-0.4, -0.2) is 34.7 Å². The van der Waals surface area contributed by atoms with Crippen molar-refractivity contribution in [3.63, 3.8) is 0 Å². The van der Waals surface area contributed by atoms with E-state index in [9.17, 15) is 23.1 Å². The smallest absolute Gasteiger partial charge is 0.386 e. The number of carbonyl (C=O) groups excluding carboxylic acids is 1. The highest BCUT2D eigenvalue weighted by Crippen LogP contribution is 2.35. The fraction of sp³-hybridized carbons (Fsp3) is 0.500. The molecule has 0 unspecified atom stereocenters. The maximum Gasteiger partial charge on any atom is 0.418 e. The first-order valence-corrected chi connectivity index (χ1v) is 6.58. The van der Waals surface area contributed by atoms with Gasteiger partial charge < -0.3 is 15.3 Å². The predicted molar refractivity (Wildman–Crippen MR) is 71.8 cm³/mol. The van der Waals surface area contributed by atoms with Gasteiger partial charge in [-0.2, -0.15) is 13.2 Å². The van der Waals surface area contributed by atoms with Crippen molar-refractivity contribution in [2.75, 3.05) is 18.4 Å². The van der Waals surface area contributed by atoms with Crippen molar-refractivity contribution in [2.45, 2.75) is 25.6 Å². The third-order valence-corrected chi connectivity index (χ3v) is 3.77. The summed E-state index contributed by atoms with van der Waals surface area (Å²) in [7, 11) is 0. The number of hydrogen-bond donors (Lipinski definition) is 2. The summed E-state index contributed by atoms with van der Waals surface area (Å²) in [6.45, 7) is 3.89. The Bertz CT molecular complexity index is 537. The van der Waals surface area contributed by atoms with Crippen molar-refractivity contribution in [3.05, 3.63) is 29.8 Å². The van der Waals surface area contributed by atoms with Crippen LogP contribution in [0.5, 0.6) is 0 Å². The van der Waals surface area contributed by atoms with E-state index in [1.165, 1.54) is 23.1 Å². The van der Waals surface area contributed by atoms with Gasteiger partial charge in [-0.1, -0.05) is 26.0 Å². The Hall–Kier alpha value is -1.76. The monoisotopic (exact) mass is 302 g/mol. The van der Waals surface area contributed by atoms with Gasteiger partial charge in [0, 0.05) is 0 Å². The largest absolute Gasteiger partial charge is 0.418 e. The van der Waals surface area contributed by atoms with Crippen LogP contribution in [0.15, 0.2) is 24.3 Å². The minimum Gasteiger partial charge on any atom is -0.386 e. The number of urea groups is 1. The molecule has 2 amide bonds. The van der Waals surface area contributed by atoms with Crippen molar-refractivity contribution >= 4 is 11.7 Å². The standard InChI is InChI=1S/C14H17F3N2O2/c1-9(2)13(21)7-19(8-13)12(20)18-11-6-4-3-5-10(11)14(15,16)17/h3-6,9,21H,7-8H2,1-2H3,(H,18,20). The van der Waals surface area contributed by atoms with Crippen molar-refractivity contribution in [1.82, 2.24) is 4.90 Å². The molecular formula is C14H17F3N2O2. The van der Waals surface area contributed by atoms with Gasteiger partial charge in [0.25, 0.3) is 0 Å². The van der Waals surface area contributed by atoms with E-state index in [0.29, 0.717) is 0 Å². The Morgan fingerprint density at radius 2 is 1.90 bits per heavy atom. The van der Waals surface area contributed by atoms with E-state index in [0.717, 1.165) is 6.07 Å². The molecule has 1 aliphatic rings. The normalized spacial score (nSPS) is 17.6. The average Bonchev–Trinajstić information content (AvgIpc) is 2.33. The first-order chi connectivity index (χ1) is 9.63. The van der Waals surface area contributed by atoms with Gasteiger partial charge in [-0.25, -0.2) is 4.79 Å². The molecule has 0 aliphatic carbocycles. The highest BCUT2D eigenvalue weighted by molar-refractivity contribution is 5.91. The topological polar surface area (TPSA) is 52.6 Å². The van der Waals surface area contributed by atoms with E-state index in [-0.39, 0.29) is 24.7 Å². The number of benzene rings is 1. The van der Waals surface area contributed by atoms with E-state index < -0.39 is 23.4 Å². The number of β-amino-alcohol motifs (C(OH)–C–C–N with tert-alkyl or cyclic N) is 1. The van der Waals surface area contributed by atoms with Crippen LogP contribution in [0.1, 0.15) is 19.4 Å². The summed E-state index contributed by atoms with van der Waals surface area (Å²) in [6.07, 6.45) is -4.53. The Labute approximate surface area is 120 Å². The summed E-state index contributed by atoms with van der Waals surface area (Å²) in [5.41, 5.74) is -2.13. The third-order valence-electron chi connectivity index (χ3n) is 3.77. The lowest BCUT2D eigenvalue weighted by molar-refractivity contribution is -0.137. The molecule has 0 atom stereocenters. The molecule has 7 heteroatoms. The van der Waals surface area contributed by atoms with Gasteiger partial charge in [-0.15, -0.1) is 0 Å². The van der Waals surface area contributed by atoms with Crippen molar-refractivity contribution < 1.29 is 23.1 Å². The molecule has 116 valence electrons. The van der Waals surface area contributed by atoms with Crippen LogP contribution in [0.3, 0.4) is 0 Å². The molecule has 1 fully saturated rings. The maximum absolute atomic E-state index is 12.8. The van der Waals surface area contributed by atoms with Gasteiger partial charge in [0.05, 0.1) is 24.3 Å². The Morgan fingerprint density at radius 1 is 1.33 bits per heavy atom. The molecule has 1 aliphatic heterocycles. The Morgan fingerprint density at radius 3 is 2.43 bits per heavy atom. The van der Waals surface area contributed by atoms with E-state index in [2.05, 4.69) is 5.32 Å². The van der Waals surface area contributed by atoms with Crippen molar-refractivity contribution in [2.24, 2.45) is 5.92 Å². The second-order valence-corrected chi connectivity index (χ2v) is 5.59. The lowest BCUT2D eigenvalue weighted by Gasteiger charge is -2.48. The van der Waals surface area contributed by atoms with Crippen LogP contribution in [0.25, 0.3) is 0 Å². The minimum absolute atomic E-state index is 0.0241. The maximum atomic E-state index is 12.8. The van der Waals surface area contributed by atoms with Gasteiger partial charge in [0.1, 0.15) is 5.60 Å². The summed E-state index contributed by atoms with van der Waals surface area (Å²) in [5.74, 6) is -0.0241. The molecule has 1 aromatic carbocycles. The zero-order chi connectivity index (χ0) is 15.8. The zero-order valence-electron chi connectivity index (χ0n) is 11.7. The van der Waals surface area contributed by atoms with Gasteiger partial charge in [-0.05, 0) is 18.1 Å². The number of amides is 2. The molecule has 0 bridgehead atoms. The number of alkyl halides is 3.